The summed E-state index contributed by atoms with van der Waals surface area (Å²) in [4.78, 5) is 28.4. The third kappa shape index (κ3) is 8.54. The van der Waals surface area contributed by atoms with Crippen LogP contribution in [0, 0.1) is 5.82 Å². The smallest absolute Gasteiger partial charge is 0.466 e. The zero-order valence-electron chi connectivity index (χ0n) is 23.2. The van der Waals surface area contributed by atoms with Gasteiger partial charge in [-0.15, -0.1) is 13.2 Å². The van der Waals surface area contributed by atoms with Gasteiger partial charge in [-0.1, -0.05) is 60.9 Å². The monoisotopic (exact) mass is 605 g/mol. The minimum absolute atomic E-state index is 0.114. The molecule has 4 aromatic rings. The van der Waals surface area contributed by atoms with Gasteiger partial charge in [0, 0.05) is 25.9 Å². The molecule has 0 atom stereocenters. The molecule has 1 fully saturated rings. The average molecular weight is 606 g/mol. The van der Waals surface area contributed by atoms with Crippen LogP contribution >= 0.6 is 11.3 Å². The third-order valence-corrected chi connectivity index (χ3v) is 7.73. The quantitative estimate of drug-likeness (QED) is 0.173. The molecule has 2 aromatic heterocycles. The van der Waals surface area contributed by atoms with Crippen molar-refractivity contribution in [2.75, 3.05) is 6.61 Å². The van der Waals surface area contributed by atoms with Crippen molar-refractivity contribution in [3.63, 3.8) is 0 Å². The number of alkyl halides is 3. The minimum atomic E-state index is -5.01. The van der Waals surface area contributed by atoms with Crippen LogP contribution < -0.4 is 10.1 Å². The molecule has 1 saturated carbocycles. The highest BCUT2D eigenvalue weighted by Gasteiger charge is 2.32. The molecule has 7 nitrogen and oxygen atoms in total. The van der Waals surface area contributed by atoms with Crippen molar-refractivity contribution >= 4 is 28.2 Å². The lowest BCUT2D eigenvalue weighted by Crippen LogP contribution is -2.23. The summed E-state index contributed by atoms with van der Waals surface area (Å²) < 4.78 is 60.7. The van der Waals surface area contributed by atoms with Crippen molar-refractivity contribution in [2.24, 2.45) is 0 Å². The Morgan fingerprint density at radius 3 is 2.38 bits per heavy atom. The van der Waals surface area contributed by atoms with Crippen LogP contribution in [0.25, 0.3) is 15.4 Å². The van der Waals surface area contributed by atoms with Crippen LogP contribution in [-0.2, 0) is 16.1 Å². The number of nitrogens with zero attached hydrogens (tertiary/aromatic N) is 2. The van der Waals surface area contributed by atoms with Gasteiger partial charge in [-0.25, -0.2) is 9.37 Å². The van der Waals surface area contributed by atoms with E-state index in [-0.39, 0.29) is 23.8 Å². The summed E-state index contributed by atoms with van der Waals surface area (Å²) in [5, 5.41) is 2.59. The number of fused-ring (bicyclic) bond motifs is 1. The molecule has 0 spiro atoms. The molecular formula is C30H31F4N3O4S. The highest BCUT2D eigenvalue weighted by atomic mass is 32.1. The van der Waals surface area contributed by atoms with Crippen molar-refractivity contribution in [3.8, 4) is 16.2 Å². The van der Waals surface area contributed by atoms with Crippen molar-refractivity contribution < 1.29 is 36.6 Å². The van der Waals surface area contributed by atoms with Crippen LogP contribution in [0.4, 0.5) is 17.6 Å². The first-order valence-corrected chi connectivity index (χ1v) is 14.4. The van der Waals surface area contributed by atoms with Crippen LogP contribution in [0.3, 0.4) is 0 Å². The maximum atomic E-state index is 13.6. The molecule has 2 aromatic carbocycles. The van der Waals surface area contributed by atoms with Crippen LogP contribution in [-0.4, -0.2) is 34.2 Å². The van der Waals surface area contributed by atoms with Gasteiger partial charge < -0.3 is 14.8 Å². The second-order valence-electron chi connectivity index (χ2n) is 9.79. The number of esters is 1. The first kappa shape index (κ1) is 31.0. The first-order chi connectivity index (χ1) is 20.0. The standard InChI is InChI=1S/C26H23F4N3O2S.C4H8O2/c27-20-11-6-16(12-22(20)35-26(28,29)30)13-31-24(34)21-14-33-15-23(36-25(33)32-21)19-9-7-18(8-10-19)17-4-2-1-3-5-17;1-3-6-4(2)5/h6-12,14-15,17H,1-5,13H2,(H,31,34);3H2,1-2H3. The number of ether oxygens (including phenoxy) is 2. The van der Waals surface area contributed by atoms with E-state index in [1.807, 2.05) is 6.20 Å². The van der Waals surface area contributed by atoms with Gasteiger partial charge in [0.05, 0.1) is 11.5 Å². The van der Waals surface area contributed by atoms with E-state index in [0.29, 0.717) is 17.5 Å². The predicted octanol–water partition coefficient (Wildman–Crippen LogP) is 7.65. The number of carbonyl (C=O) groups excluding carboxylic acids is 2. The molecule has 0 radical (unpaired) electrons. The topological polar surface area (TPSA) is 81.9 Å². The number of hydrogen-bond donors (Lipinski definition) is 1. The molecule has 0 unspecified atom stereocenters. The van der Waals surface area contributed by atoms with Gasteiger partial charge in [0.25, 0.3) is 5.91 Å². The molecule has 0 aliphatic heterocycles. The highest BCUT2D eigenvalue weighted by Crippen LogP contribution is 2.35. The summed E-state index contributed by atoms with van der Waals surface area (Å²) in [7, 11) is 0. The van der Waals surface area contributed by atoms with Gasteiger partial charge in [-0.05, 0) is 54.5 Å². The second kappa shape index (κ2) is 13.8. The molecule has 0 bridgehead atoms. The lowest BCUT2D eigenvalue weighted by atomic mass is 9.84. The van der Waals surface area contributed by atoms with E-state index in [2.05, 4.69) is 44.0 Å². The summed E-state index contributed by atoms with van der Waals surface area (Å²) in [6, 6.07) is 11.7. The Morgan fingerprint density at radius 2 is 1.79 bits per heavy atom. The normalized spacial score (nSPS) is 13.8. The van der Waals surface area contributed by atoms with Crippen molar-refractivity contribution in [1.29, 1.82) is 0 Å². The Morgan fingerprint density at radius 1 is 1.07 bits per heavy atom. The van der Waals surface area contributed by atoms with E-state index in [4.69, 9.17) is 0 Å². The molecule has 1 aliphatic rings. The summed E-state index contributed by atoms with van der Waals surface area (Å²) in [5.41, 5.74) is 2.90. The van der Waals surface area contributed by atoms with Gasteiger partial charge >= 0.3 is 12.3 Å². The maximum Gasteiger partial charge on any atom is 0.573 e. The van der Waals surface area contributed by atoms with Crippen LogP contribution in [0.5, 0.6) is 5.75 Å². The Balaban J connectivity index is 0.000000612. The zero-order valence-corrected chi connectivity index (χ0v) is 24.0. The SMILES string of the molecule is CCOC(C)=O.O=C(NCc1ccc(F)c(OC(F)(F)F)c1)c1cn2cc(-c3ccc(C4CCCCC4)cc3)sc2n1. The Kier molecular flexibility index (Phi) is 10.2. The van der Waals surface area contributed by atoms with Crippen molar-refractivity contribution in [1.82, 2.24) is 14.7 Å². The molecule has 1 N–H and O–H groups in total. The van der Waals surface area contributed by atoms with E-state index in [0.717, 1.165) is 22.6 Å². The molecular weight excluding hydrogens is 574 g/mol. The fourth-order valence-corrected chi connectivity index (χ4v) is 5.70. The second-order valence-corrected chi connectivity index (χ2v) is 10.8. The molecule has 224 valence electrons. The molecule has 1 aliphatic carbocycles. The van der Waals surface area contributed by atoms with Gasteiger partial charge in [-0.2, -0.15) is 0 Å². The van der Waals surface area contributed by atoms with E-state index < -0.39 is 23.8 Å². The fourth-order valence-electron chi connectivity index (χ4n) is 4.73. The summed E-state index contributed by atoms with van der Waals surface area (Å²) in [6.07, 6.45) is 4.92. The fraction of sp³-hybridized carbons (Fsp3) is 0.367. The number of nitrogens with one attached hydrogen (secondary N) is 1. The third-order valence-electron chi connectivity index (χ3n) is 6.68. The number of rotatable bonds is 7. The predicted molar refractivity (Wildman–Crippen MR) is 151 cm³/mol. The maximum absolute atomic E-state index is 13.6. The molecule has 42 heavy (non-hydrogen) atoms. The number of aromatic nitrogens is 2. The lowest BCUT2D eigenvalue weighted by molar-refractivity contribution is -0.275. The summed E-state index contributed by atoms with van der Waals surface area (Å²) in [5.74, 6) is -2.15. The summed E-state index contributed by atoms with van der Waals surface area (Å²) >= 11 is 1.46. The molecule has 1 amide bonds. The molecule has 5 rings (SSSR count). The number of benzene rings is 2. The van der Waals surface area contributed by atoms with E-state index in [1.165, 1.54) is 62.0 Å². The minimum Gasteiger partial charge on any atom is -0.466 e. The number of halogens is 4. The first-order valence-electron chi connectivity index (χ1n) is 13.6. The van der Waals surface area contributed by atoms with E-state index >= 15 is 0 Å². The van der Waals surface area contributed by atoms with Gasteiger partial charge in [0.1, 0.15) is 5.69 Å². The van der Waals surface area contributed by atoms with Crippen LogP contribution in [0.2, 0.25) is 0 Å². The molecule has 2 heterocycles. The number of amides is 1. The van der Waals surface area contributed by atoms with Gasteiger partial charge in [0.15, 0.2) is 16.5 Å². The van der Waals surface area contributed by atoms with Crippen molar-refractivity contribution in [3.05, 3.63) is 77.5 Å². The number of imidazole rings is 1. The zero-order chi connectivity index (χ0) is 30.3. The number of hydrogen-bond acceptors (Lipinski definition) is 6. The van der Waals surface area contributed by atoms with E-state index in [1.54, 1.807) is 17.5 Å². The largest absolute Gasteiger partial charge is 0.573 e. The Bertz CT molecular complexity index is 1480. The van der Waals surface area contributed by atoms with Crippen molar-refractivity contribution in [2.45, 2.75) is 64.8 Å². The van der Waals surface area contributed by atoms with Crippen LogP contribution in [0.1, 0.15) is 73.5 Å². The van der Waals surface area contributed by atoms with Gasteiger partial charge in [-0.3, -0.25) is 14.0 Å². The Hall–Kier alpha value is -3.93. The molecule has 0 saturated heterocycles. The molecule has 12 heteroatoms. The average Bonchev–Trinajstić information content (AvgIpc) is 3.53. The van der Waals surface area contributed by atoms with Gasteiger partial charge in [0.2, 0.25) is 0 Å². The van der Waals surface area contributed by atoms with Crippen LogP contribution in [0.15, 0.2) is 54.9 Å². The number of thiazole rings is 1. The number of carbonyl (C=O) groups is 2. The van der Waals surface area contributed by atoms with E-state index in [9.17, 15) is 27.2 Å². The Labute approximate surface area is 244 Å². The lowest BCUT2D eigenvalue weighted by Gasteiger charge is -2.22. The highest BCUT2D eigenvalue weighted by molar-refractivity contribution is 7.20. The summed E-state index contributed by atoms with van der Waals surface area (Å²) in [6.45, 7) is 3.54.